The standard InChI is InChI=1S/C30H35BFN3O5/c1-17(2)26(33)30(37)40-28(31)21-5-4-12-34-27(21)20-9-11-24(39-16-18-6-7-18)22(14-20)29(36)35-15-19-8-10-25(38-3)23(32)13-19/h4-5,8-14,17-18,26,28H,6-7,15-16,31,33H2,1-3H3,(H,35,36)/t26-,28?/m0/s1. The number of nitrogens with zero attached hydrogens (tertiary/aromatic N) is 1. The van der Waals surface area contributed by atoms with E-state index in [2.05, 4.69) is 10.3 Å². The van der Waals surface area contributed by atoms with Gasteiger partial charge in [-0.25, -0.2) is 4.39 Å². The molecule has 1 aliphatic carbocycles. The lowest BCUT2D eigenvalue weighted by atomic mass is 9.88. The van der Waals surface area contributed by atoms with Crippen LogP contribution in [0.25, 0.3) is 11.3 Å². The highest BCUT2D eigenvalue weighted by atomic mass is 19.1. The molecule has 210 valence electrons. The number of carbonyl (C=O) groups excluding carboxylic acids is 2. The summed E-state index contributed by atoms with van der Waals surface area (Å²) in [5.41, 5.74) is 8.80. The molecule has 40 heavy (non-hydrogen) atoms. The van der Waals surface area contributed by atoms with Crippen LogP contribution >= 0.6 is 0 Å². The Labute approximate surface area is 234 Å². The Morgan fingerprint density at radius 3 is 2.58 bits per heavy atom. The summed E-state index contributed by atoms with van der Waals surface area (Å²) in [6.45, 7) is 4.36. The average molecular weight is 547 g/mol. The third-order valence-corrected chi connectivity index (χ3v) is 6.90. The zero-order valence-corrected chi connectivity index (χ0v) is 23.3. The van der Waals surface area contributed by atoms with Crippen LogP contribution in [0.2, 0.25) is 0 Å². The Kier molecular flexibility index (Phi) is 9.42. The normalized spacial score (nSPS) is 14.3. The van der Waals surface area contributed by atoms with Crippen LogP contribution in [0.5, 0.6) is 11.5 Å². The molecule has 0 bridgehead atoms. The van der Waals surface area contributed by atoms with E-state index in [1.165, 1.54) is 19.2 Å². The number of methoxy groups -OCH3 is 1. The van der Waals surface area contributed by atoms with E-state index in [1.807, 2.05) is 26.0 Å². The molecule has 3 N–H and O–H groups in total. The number of ether oxygens (including phenoxy) is 3. The van der Waals surface area contributed by atoms with E-state index in [1.54, 1.807) is 38.3 Å². The minimum absolute atomic E-state index is 0.0632. The number of rotatable bonds is 12. The smallest absolute Gasteiger partial charge is 0.323 e. The van der Waals surface area contributed by atoms with Crippen molar-refractivity contribution in [1.29, 1.82) is 0 Å². The molecule has 8 nitrogen and oxygen atoms in total. The maximum Gasteiger partial charge on any atom is 0.323 e. The summed E-state index contributed by atoms with van der Waals surface area (Å²) >= 11 is 0. The first-order valence-corrected chi connectivity index (χ1v) is 13.5. The van der Waals surface area contributed by atoms with Crippen molar-refractivity contribution in [3.05, 3.63) is 77.2 Å². The summed E-state index contributed by atoms with van der Waals surface area (Å²) in [4.78, 5) is 30.4. The average Bonchev–Trinajstić information content (AvgIpc) is 3.79. The van der Waals surface area contributed by atoms with E-state index in [0.717, 1.165) is 12.8 Å². The Morgan fingerprint density at radius 1 is 1.15 bits per heavy atom. The van der Waals surface area contributed by atoms with Gasteiger partial charge in [0.25, 0.3) is 5.91 Å². The first kappa shape index (κ1) is 29.1. The highest BCUT2D eigenvalue weighted by Gasteiger charge is 2.25. The molecule has 0 spiro atoms. The van der Waals surface area contributed by atoms with Crippen LogP contribution in [0.1, 0.15) is 54.2 Å². The van der Waals surface area contributed by atoms with Gasteiger partial charge in [-0.2, -0.15) is 0 Å². The van der Waals surface area contributed by atoms with Crippen molar-refractivity contribution >= 4 is 19.7 Å². The number of pyridine rings is 1. The molecule has 4 rings (SSSR count). The Balaban J connectivity index is 1.60. The lowest BCUT2D eigenvalue weighted by Gasteiger charge is -2.21. The van der Waals surface area contributed by atoms with Crippen LogP contribution in [-0.4, -0.2) is 44.5 Å². The molecular weight excluding hydrogens is 512 g/mol. The van der Waals surface area contributed by atoms with Crippen molar-refractivity contribution in [3.63, 3.8) is 0 Å². The predicted octanol–water partition coefficient (Wildman–Crippen LogP) is 3.77. The number of benzene rings is 2. The molecule has 1 unspecified atom stereocenters. The fraction of sp³-hybridized carbons (Fsp3) is 0.367. The highest BCUT2D eigenvalue weighted by molar-refractivity contribution is 6.12. The second-order valence-electron chi connectivity index (χ2n) is 10.4. The van der Waals surface area contributed by atoms with Gasteiger partial charge >= 0.3 is 5.97 Å². The largest absolute Gasteiger partial charge is 0.494 e. The Hall–Kier alpha value is -3.92. The van der Waals surface area contributed by atoms with E-state index in [9.17, 15) is 14.0 Å². The van der Waals surface area contributed by atoms with Crippen LogP contribution in [0.4, 0.5) is 4.39 Å². The summed E-state index contributed by atoms with van der Waals surface area (Å²) in [5, 5.41) is 2.86. The van der Waals surface area contributed by atoms with Gasteiger partial charge in [0.2, 0.25) is 0 Å². The van der Waals surface area contributed by atoms with Crippen molar-refractivity contribution in [2.24, 2.45) is 17.6 Å². The van der Waals surface area contributed by atoms with Gasteiger partial charge in [0.05, 0.1) is 31.0 Å². The van der Waals surface area contributed by atoms with Crippen molar-refractivity contribution in [3.8, 4) is 22.8 Å². The molecule has 1 fully saturated rings. The van der Waals surface area contributed by atoms with Gasteiger partial charge in [0.15, 0.2) is 19.4 Å². The summed E-state index contributed by atoms with van der Waals surface area (Å²) < 4.78 is 30.8. The molecule has 1 amide bonds. The summed E-state index contributed by atoms with van der Waals surface area (Å²) in [6.07, 6.45) is 3.86. The van der Waals surface area contributed by atoms with E-state index in [-0.39, 0.29) is 24.1 Å². The molecule has 2 atom stereocenters. The number of hydrogen-bond acceptors (Lipinski definition) is 7. The molecule has 1 aromatic heterocycles. The van der Waals surface area contributed by atoms with Crippen LogP contribution < -0.4 is 20.5 Å². The quantitative estimate of drug-likeness (QED) is 0.262. The van der Waals surface area contributed by atoms with Crippen molar-refractivity contribution in [2.75, 3.05) is 13.7 Å². The number of carbonyl (C=O) groups is 2. The fourth-order valence-corrected chi connectivity index (χ4v) is 4.15. The predicted molar refractivity (Wildman–Crippen MR) is 152 cm³/mol. The SMILES string of the molecule is BC(OC(=O)[C@@H](N)C(C)C)c1cccnc1-c1ccc(OCC2CC2)c(C(=O)NCc2ccc(OC)c(F)c2)c1. The molecule has 1 heterocycles. The van der Waals surface area contributed by atoms with Crippen LogP contribution in [0, 0.1) is 17.7 Å². The van der Waals surface area contributed by atoms with Crippen molar-refractivity contribution in [1.82, 2.24) is 10.3 Å². The van der Waals surface area contributed by atoms with E-state index in [4.69, 9.17) is 19.9 Å². The molecule has 0 aliphatic heterocycles. The number of esters is 1. The van der Waals surface area contributed by atoms with Gasteiger partial charge in [0.1, 0.15) is 11.8 Å². The van der Waals surface area contributed by atoms with Crippen molar-refractivity contribution < 1.29 is 28.2 Å². The molecule has 0 radical (unpaired) electrons. The maximum absolute atomic E-state index is 14.1. The molecule has 2 aromatic carbocycles. The molecule has 1 saturated carbocycles. The van der Waals surface area contributed by atoms with Gasteiger partial charge in [0, 0.05) is 23.9 Å². The van der Waals surface area contributed by atoms with E-state index >= 15 is 0 Å². The second-order valence-corrected chi connectivity index (χ2v) is 10.4. The topological polar surface area (TPSA) is 113 Å². The third kappa shape index (κ3) is 7.18. The molecule has 10 heteroatoms. The Morgan fingerprint density at radius 2 is 1.90 bits per heavy atom. The molecule has 0 saturated heterocycles. The van der Waals surface area contributed by atoms with Crippen LogP contribution in [0.15, 0.2) is 54.7 Å². The zero-order valence-electron chi connectivity index (χ0n) is 23.3. The fourth-order valence-electron chi connectivity index (χ4n) is 4.15. The lowest BCUT2D eigenvalue weighted by molar-refractivity contribution is -0.148. The first-order chi connectivity index (χ1) is 19.2. The minimum Gasteiger partial charge on any atom is -0.494 e. The van der Waals surface area contributed by atoms with E-state index < -0.39 is 23.8 Å². The monoisotopic (exact) mass is 547 g/mol. The molecule has 3 aromatic rings. The highest BCUT2D eigenvalue weighted by Crippen LogP contribution is 2.33. The first-order valence-electron chi connectivity index (χ1n) is 13.5. The summed E-state index contributed by atoms with van der Waals surface area (Å²) in [7, 11) is 3.16. The lowest BCUT2D eigenvalue weighted by Crippen LogP contribution is -2.37. The van der Waals surface area contributed by atoms with Gasteiger partial charge in [-0.1, -0.05) is 26.0 Å². The number of nitrogens with one attached hydrogen (secondary N) is 1. The summed E-state index contributed by atoms with van der Waals surface area (Å²) in [6, 6.07) is 12.1. The second kappa shape index (κ2) is 13.0. The van der Waals surface area contributed by atoms with Gasteiger partial charge in [-0.05, 0) is 66.6 Å². The zero-order chi connectivity index (χ0) is 28.8. The van der Waals surface area contributed by atoms with E-state index in [0.29, 0.717) is 46.2 Å². The van der Waals surface area contributed by atoms with Gasteiger partial charge in [-0.15, -0.1) is 0 Å². The molecular formula is C30H35BFN3O5. The van der Waals surface area contributed by atoms with Crippen molar-refractivity contribution in [2.45, 2.75) is 45.3 Å². The number of hydrogen-bond donors (Lipinski definition) is 2. The number of aromatic nitrogens is 1. The van der Waals surface area contributed by atoms with Crippen LogP contribution in [-0.2, 0) is 16.1 Å². The van der Waals surface area contributed by atoms with Gasteiger partial charge in [-0.3, -0.25) is 14.6 Å². The molecule has 1 aliphatic rings. The van der Waals surface area contributed by atoms with Crippen LogP contribution in [0.3, 0.4) is 0 Å². The number of amides is 1. The Bertz CT molecular complexity index is 1360. The minimum atomic E-state index is -0.736. The number of nitrogens with two attached hydrogens (primary N) is 1. The maximum atomic E-state index is 14.1. The third-order valence-electron chi connectivity index (χ3n) is 6.90. The summed E-state index contributed by atoms with van der Waals surface area (Å²) in [5.74, 6) is -0.346. The van der Waals surface area contributed by atoms with Gasteiger partial charge < -0.3 is 25.3 Å². The number of halogens is 1.